The van der Waals surface area contributed by atoms with Gasteiger partial charge in [0.25, 0.3) is 0 Å². The Kier molecular flexibility index (Phi) is 39.1. The number of rotatable bonds is 42. The monoisotopic (exact) mass is 816 g/mol. The molecule has 0 heterocycles. The number of carboxylic acid groups (broad SMARTS) is 1. The van der Waals surface area contributed by atoms with Gasteiger partial charge < -0.3 is 28.6 Å². The first-order valence-corrected chi connectivity index (χ1v) is 23.7. The van der Waals surface area contributed by atoms with E-state index in [4.69, 9.17) is 14.2 Å². The Bertz CT molecular complexity index is 1090. The maximum absolute atomic E-state index is 12.7. The molecule has 0 aliphatic heterocycles. The number of likely N-dealkylation sites (N-methyl/N-ethyl adjacent to an activating group) is 1. The van der Waals surface area contributed by atoms with Crippen molar-refractivity contribution in [3.05, 3.63) is 48.6 Å². The van der Waals surface area contributed by atoms with Crippen molar-refractivity contribution in [3.63, 3.8) is 0 Å². The average molecular weight is 816 g/mol. The van der Waals surface area contributed by atoms with Gasteiger partial charge in [0.15, 0.2) is 6.10 Å². The van der Waals surface area contributed by atoms with Gasteiger partial charge in [-0.1, -0.05) is 165 Å². The van der Waals surface area contributed by atoms with Crippen molar-refractivity contribution in [1.29, 1.82) is 0 Å². The molecule has 0 amide bonds. The van der Waals surface area contributed by atoms with Crippen molar-refractivity contribution in [2.45, 2.75) is 212 Å². The van der Waals surface area contributed by atoms with Crippen molar-refractivity contribution in [2.24, 2.45) is 0 Å². The fraction of sp³-hybridized carbons (Fsp3) is 0.780. The second-order valence-electron chi connectivity index (χ2n) is 17.0. The van der Waals surface area contributed by atoms with E-state index in [0.29, 0.717) is 6.42 Å². The quantitative estimate of drug-likeness (QED) is 0.0262. The van der Waals surface area contributed by atoms with Crippen LogP contribution in [0.1, 0.15) is 200 Å². The molecule has 2 atom stereocenters. The number of quaternary nitrogens is 1. The molecule has 8 nitrogen and oxygen atoms in total. The van der Waals surface area contributed by atoms with Crippen LogP contribution in [0.2, 0.25) is 0 Å². The Morgan fingerprint density at radius 3 is 1.31 bits per heavy atom. The van der Waals surface area contributed by atoms with Gasteiger partial charge in [-0.3, -0.25) is 9.59 Å². The molecule has 8 heteroatoms. The molecule has 0 aliphatic carbocycles. The zero-order valence-electron chi connectivity index (χ0n) is 38.2. The third kappa shape index (κ3) is 38.8. The summed E-state index contributed by atoms with van der Waals surface area (Å²) in [6.07, 6.45) is 48.5. The number of carboxylic acids is 1. The lowest BCUT2D eigenvalue weighted by molar-refractivity contribution is -0.889. The first-order chi connectivity index (χ1) is 28.1. The molecule has 0 aromatic rings. The number of esters is 2. The minimum atomic E-state index is -1.13. The maximum Gasteiger partial charge on any atom is 0.306 e. The van der Waals surface area contributed by atoms with Crippen LogP contribution in [0.4, 0.5) is 0 Å². The highest BCUT2D eigenvalue weighted by atomic mass is 16.6. The topological polar surface area (TPSA) is 102 Å². The summed E-state index contributed by atoms with van der Waals surface area (Å²) in [5, 5.41) is 11.6. The number of unbranched alkanes of at least 4 members (excludes halogenated alkanes) is 22. The smallest absolute Gasteiger partial charge is 0.306 e. The van der Waals surface area contributed by atoms with Gasteiger partial charge in [0, 0.05) is 19.3 Å². The van der Waals surface area contributed by atoms with E-state index in [1.807, 2.05) is 0 Å². The molecule has 0 aromatic carbocycles. The highest BCUT2D eigenvalue weighted by Crippen LogP contribution is 2.13. The summed E-state index contributed by atoms with van der Waals surface area (Å²) in [4.78, 5) is 36.9. The third-order valence-electron chi connectivity index (χ3n) is 10.5. The molecule has 336 valence electrons. The van der Waals surface area contributed by atoms with E-state index >= 15 is 0 Å². The first-order valence-electron chi connectivity index (χ1n) is 23.7. The number of carbonyl (C=O) groups excluding carboxylic acids is 3. The zero-order valence-corrected chi connectivity index (χ0v) is 38.2. The fourth-order valence-electron chi connectivity index (χ4n) is 6.76. The highest BCUT2D eigenvalue weighted by molar-refractivity contribution is 5.70. The van der Waals surface area contributed by atoms with Crippen LogP contribution in [0.3, 0.4) is 0 Å². The largest absolute Gasteiger partial charge is 0.544 e. The Balaban J connectivity index is 4.38. The second-order valence-corrected chi connectivity index (χ2v) is 17.0. The molecule has 0 radical (unpaired) electrons. The van der Waals surface area contributed by atoms with Crippen molar-refractivity contribution in [2.75, 3.05) is 41.0 Å². The SMILES string of the molecule is CCCCCCCCC/C=C/C=C/CCCCCCCC(=O)OCC(COCCC(C(=O)[O-])[N+](C)(C)C)OC(=O)CCCCC/C=C/C=C/CCCCCCCCC. The lowest BCUT2D eigenvalue weighted by Crippen LogP contribution is -2.55. The van der Waals surface area contributed by atoms with Gasteiger partial charge in [0.1, 0.15) is 12.6 Å². The number of aliphatic carboxylic acids is 1. The minimum absolute atomic E-state index is 0.0244. The Morgan fingerprint density at radius 2 is 0.897 bits per heavy atom. The van der Waals surface area contributed by atoms with Crippen LogP contribution in [0, 0.1) is 0 Å². The predicted molar refractivity (Wildman–Crippen MR) is 240 cm³/mol. The van der Waals surface area contributed by atoms with Crippen molar-refractivity contribution in [3.8, 4) is 0 Å². The summed E-state index contributed by atoms with van der Waals surface area (Å²) in [6, 6.07) is -0.734. The lowest BCUT2D eigenvalue weighted by Gasteiger charge is -2.34. The molecule has 0 N–H and O–H groups in total. The summed E-state index contributed by atoms with van der Waals surface area (Å²) in [6.45, 7) is 4.61. The molecule has 58 heavy (non-hydrogen) atoms. The van der Waals surface area contributed by atoms with E-state index in [9.17, 15) is 19.5 Å². The van der Waals surface area contributed by atoms with E-state index in [1.54, 1.807) is 21.1 Å². The average Bonchev–Trinajstić information content (AvgIpc) is 3.18. The van der Waals surface area contributed by atoms with Crippen LogP contribution >= 0.6 is 0 Å². The molecule has 0 bridgehead atoms. The van der Waals surface area contributed by atoms with E-state index in [-0.39, 0.29) is 49.1 Å². The van der Waals surface area contributed by atoms with Gasteiger partial charge in [-0.2, -0.15) is 0 Å². The van der Waals surface area contributed by atoms with Crippen LogP contribution < -0.4 is 5.11 Å². The number of hydrogen-bond donors (Lipinski definition) is 0. The second kappa shape index (κ2) is 41.0. The molecule has 0 aromatic heterocycles. The molecule has 0 aliphatic rings. The van der Waals surface area contributed by atoms with E-state index in [2.05, 4.69) is 62.5 Å². The van der Waals surface area contributed by atoms with Crippen LogP contribution in [-0.2, 0) is 28.6 Å². The standard InChI is InChI=1S/C50H89NO7/c1-6-8-10-12-14-16-18-20-22-24-25-27-28-30-32-34-36-38-40-48(52)57-45-46(44-56-43-42-47(50(54)55)51(3,4)5)58-49(53)41-39-37-35-33-31-29-26-23-21-19-17-15-13-11-9-7-2/h22-27,29,31,46-47H,6-21,28,30,32-45H2,1-5H3/b24-22+,26-23+,27-25+,31-29+. The minimum Gasteiger partial charge on any atom is -0.544 e. The summed E-state index contributed by atoms with van der Waals surface area (Å²) in [7, 11) is 5.39. The van der Waals surface area contributed by atoms with Crippen LogP contribution in [-0.4, -0.2) is 75.5 Å². The fourth-order valence-corrected chi connectivity index (χ4v) is 6.76. The molecular formula is C50H89NO7. The number of allylic oxidation sites excluding steroid dienone is 8. The zero-order chi connectivity index (χ0) is 42.8. The van der Waals surface area contributed by atoms with Gasteiger partial charge in [0.05, 0.1) is 40.3 Å². The van der Waals surface area contributed by atoms with Crippen LogP contribution in [0.15, 0.2) is 48.6 Å². The Morgan fingerprint density at radius 1 is 0.517 bits per heavy atom. The van der Waals surface area contributed by atoms with Crippen molar-refractivity contribution < 1.29 is 38.2 Å². The Labute approximate surface area is 356 Å². The van der Waals surface area contributed by atoms with Gasteiger partial charge in [-0.15, -0.1) is 0 Å². The van der Waals surface area contributed by atoms with Gasteiger partial charge in [-0.25, -0.2) is 0 Å². The molecule has 2 unspecified atom stereocenters. The van der Waals surface area contributed by atoms with Gasteiger partial charge in [-0.05, 0) is 64.2 Å². The summed E-state index contributed by atoms with van der Waals surface area (Å²) < 4.78 is 17.2. The Hall–Kier alpha value is -2.71. The maximum atomic E-state index is 12.7. The number of nitrogens with zero attached hydrogens (tertiary/aromatic N) is 1. The van der Waals surface area contributed by atoms with E-state index in [1.165, 1.54) is 96.3 Å². The summed E-state index contributed by atoms with van der Waals surface area (Å²) in [5.74, 6) is -1.79. The van der Waals surface area contributed by atoms with Crippen LogP contribution in [0.5, 0.6) is 0 Å². The molecular weight excluding hydrogens is 727 g/mol. The molecule has 0 spiro atoms. The van der Waals surface area contributed by atoms with Gasteiger partial charge >= 0.3 is 11.9 Å². The molecule has 0 saturated heterocycles. The van der Waals surface area contributed by atoms with Crippen molar-refractivity contribution in [1.82, 2.24) is 0 Å². The predicted octanol–water partition coefficient (Wildman–Crippen LogP) is 11.9. The molecule has 0 fully saturated rings. The first kappa shape index (κ1) is 55.3. The summed E-state index contributed by atoms with van der Waals surface area (Å²) >= 11 is 0. The van der Waals surface area contributed by atoms with E-state index in [0.717, 1.165) is 70.6 Å². The van der Waals surface area contributed by atoms with Crippen LogP contribution in [0.25, 0.3) is 0 Å². The number of ether oxygens (including phenoxy) is 3. The number of hydrogen-bond acceptors (Lipinski definition) is 7. The van der Waals surface area contributed by atoms with E-state index < -0.39 is 18.1 Å². The highest BCUT2D eigenvalue weighted by Gasteiger charge is 2.25. The van der Waals surface area contributed by atoms with Gasteiger partial charge in [0.2, 0.25) is 0 Å². The number of carbonyl (C=O) groups is 3. The van der Waals surface area contributed by atoms with Crippen molar-refractivity contribution >= 4 is 17.9 Å². The summed E-state index contributed by atoms with van der Waals surface area (Å²) in [5.41, 5.74) is 0. The third-order valence-corrected chi connectivity index (χ3v) is 10.5. The lowest BCUT2D eigenvalue weighted by atomic mass is 10.1. The molecule has 0 saturated carbocycles. The molecule has 0 rings (SSSR count). The normalized spacial score (nSPS) is 13.3.